The number of hydrogen-bond acceptors (Lipinski definition) is 3. The molecule has 0 amide bonds. The Morgan fingerprint density at radius 2 is 2.46 bits per heavy atom. The highest BCUT2D eigenvalue weighted by atomic mass is 16.5. The maximum Gasteiger partial charge on any atom is 0.106 e. The number of aliphatic hydroxyl groups is 2. The maximum atomic E-state index is 9.48. The topological polar surface area (TPSA) is 49.7 Å². The summed E-state index contributed by atoms with van der Waals surface area (Å²) in [5.41, 5.74) is -0.615. The van der Waals surface area contributed by atoms with Crippen molar-refractivity contribution in [2.24, 2.45) is 0 Å². The van der Waals surface area contributed by atoms with Crippen LogP contribution >= 0.6 is 0 Å². The molecular formula is C10H16O3. The summed E-state index contributed by atoms with van der Waals surface area (Å²) >= 11 is 0. The zero-order valence-electron chi connectivity index (χ0n) is 7.86. The van der Waals surface area contributed by atoms with Gasteiger partial charge in [-0.15, -0.1) is 12.3 Å². The van der Waals surface area contributed by atoms with E-state index in [4.69, 9.17) is 16.3 Å². The molecule has 1 rings (SSSR count). The Bertz CT molecular complexity index is 209. The molecule has 13 heavy (non-hydrogen) atoms. The van der Waals surface area contributed by atoms with Crippen molar-refractivity contribution >= 4 is 0 Å². The Kier molecular flexibility index (Phi) is 3.32. The van der Waals surface area contributed by atoms with Gasteiger partial charge in [-0.05, 0) is 19.8 Å². The third kappa shape index (κ3) is 2.22. The molecule has 2 N–H and O–H groups in total. The quantitative estimate of drug-likeness (QED) is 0.620. The molecule has 0 aromatic rings. The Morgan fingerprint density at radius 3 is 3.00 bits per heavy atom. The number of hydrogen-bond donors (Lipinski definition) is 2. The smallest absolute Gasteiger partial charge is 0.106 e. The second-order valence-electron chi connectivity index (χ2n) is 3.70. The summed E-state index contributed by atoms with van der Waals surface area (Å²) in [6.07, 6.45) is 6.58. The van der Waals surface area contributed by atoms with Crippen molar-refractivity contribution in [1.29, 1.82) is 0 Å². The molecule has 0 aromatic heterocycles. The predicted molar refractivity (Wildman–Crippen MR) is 49.1 cm³/mol. The van der Waals surface area contributed by atoms with Crippen LogP contribution in [0.5, 0.6) is 0 Å². The maximum absolute atomic E-state index is 9.48. The Labute approximate surface area is 78.7 Å². The highest BCUT2D eigenvalue weighted by molar-refractivity contribution is 4.96. The molecule has 74 valence electrons. The fourth-order valence-electron chi connectivity index (χ4n) is 1.66. The molecule has 1 heterocycles. The van der Waals surface area contributed by atoms with Crippen LogP contribution in [0.2, 0.25) is 0 Å². The summed E-state index contributed by atoms with van der Waals surface area (Å²) in [6.45, 7) is 1.55. The normalized spacial score (nSPS) is 35.7. The zero-order chi connectivity index (χ0) is 9.90. The molecule has 0 aromatic carbocycles. The molecular weight excluding hydrogens is 168 g/mol. The van der Waals surface area contributed by atoms with Gasteiger partial charge in [0.05, 0.1) is 18.3 Å². The number of aliphatic hydroxyl groups excluding tert-OH is 2. The molecule has 1 fully saturated rings. The van der Waals surface area contributed by atoms with Gasteiger partial charge in [0.2, 0.25) is 0 Å². The molecule has 0 spiro atoms. The molecule has 0 bridgehead atoms. The monoisotopic (exact) mass is 184 g/mol. The highest BCUT2D eigenvalue weighted by Crippen LogP contribution is 2.33. The van der Waals surface area contributed by atoms with Crippen LogP contribution in [0, 0.1) is 12.3 Å². The number of terminal acetylenes is 1. The van der Waals surface area contributed by atoms with Crippen LogP contribution in [-0.4, -0.2) is 34.6 Å². The third-order valence-corrected chi connectivity index (χ3v) is 2.62. The van der Waals surface area contributed by atoms with Gasteiger partial charge in [-0.1, -0.05) is 0 Å². The van der Waals surface area contributed by atoms with E-state index in [1.165, 1.54) is 0 Å². The van der Waals surface area contributed by atoms with Gasteiger partial charge in [-0.3, -0.25) is 0 Å². The lowest BCUT2D eigenvalue weighted by molar-refractivity contribution is -0.117. The first-order valence-electron chi connectivity index (χ1n) is 4.52. The lowest BCUT2D eigenvalue weighted by Crippen LogP contribution is -2.41. The van der Waals surface area contributed by atoms with Crippen LogP contribution in [0.15, 0.2) is 0 Å². The van der Waals surface area contributed by atoms with Crippen molar-refractivity contribution in [1.82, 2.24) is 0 Å². The van der Waals surface area contributed by atoms with E-state index in [1.54, 1.807) is 0 Å². The Morgan fingerprint density at radius 1 is 1.77 bits per heavy atom. The Hall–Kier alpha value is -0.560. The average Bonchev–Trinajstić information content (AvgIpc) is 2.48. The largest absolute Gasteiger partial charge is 0.394 e. The lowest BCUT2D eigenvalue weighted by atomic mass is 9.96. The van der Waals surface area contributed by atoms with Crippen molar-refractivity contribution in [2.45, 2.75) is 44.0 Å². The van der Waals surface area contributed by atoms with Gasteiger partial charge in [0.25, 0.3) is 0 Å². The van der Waals surface area contributed by atoms with Gasteiger partial charge in [0.1, 0.15) is 6.10 Å². The fraction of sp³-hybridized carbons (Fsp3) is 0.800. The van der Waals surface area contributed by atoms with Crippen molar-refractivity contribution in [3.63, 3.8) is 0 Å². The van der Waals surface area contributed by atoms with E-state index in [0.29, 0.717) is 6.42 Å². The van der Waals surface area contributed by atoms with E-state index in [9.17, 15) is 5.11 Å². The summed E-state index contributed by atoms with van der Waals surface area (Å²) in [4.78, 5) is 0. The number of rotatable bonds is 3. The van der Waals surface area contributed by atoms with Crippen LogP contribution in [0.1, 0.15) is 26.2 Å². The van der Waals surface area contributed by atoms with Crippen molar-refractivity contribution < 1.29 is 14.9 Å². The third-order valence-electron chi connectivity index (χ3n) is 2.62. The summed E-state index contributed by atoms with van der Waals surface area (Å²) in [5, 5.41) is 18.3. The van der Waals surface area contributed by atoms with Gasteiger partial charge < -0.3 is 14.9 Å². The molecule has 0 radical (unpaired) electrons. The fourth-order valence-corrected chi connectivity index (χ4v) is 1.66. The first-order chi connectivity index (χ1) is 6.12. The molecule has 3 nitrogen and oxygen atoms in total. The lowest BCUT2D eigenvalue weighted by Gasteiger charge is -2.28. The van der Waals surface area contributed by atoms with Crippen LogP contribution in [-0.2, 0) is 4.74 Å². The minimum absolute atomic E-state index is 0.0381. The van der Waals surface area contributed by atoms with Crippen LogP contribution in [0.25, 0.3) is 0 Å². The molecule has 3 unspecified atom stereocenters. The predicted octanol–water partition coefficient (Wildman–Crippen LogP) is 0.301. The standard InChI is InChI=1S/C10H16O3/c1-3-4-8-5-6-10(2,13-8)9(12)7-11/h1,8-9,11-12H,4-7H2,2H3. The van der Waals surface area contributed by atoms with E-state index in [-0.39, 0.29) is 12.7 Å². The summed E-state index contributed by atoms with van der Waals surface area (Å²) in [6, 6.07) is 0. The minimum atomic E-state index is -0.810. The first kappa shape index (κ1) is 10.5. The summed E-state index contributed by atoms with van der Waals surface area (Å²) < 4.78 is 5.59. The van der Waals surface area contributed by atoms with E-state index < -0.39 is 11.7 Å². The van der Waals surface area contributed by atoms with E-state index in [2.05, 4.69) is 5.92 Å². The highest BCUT2D eigenvalue weighted by Gasteiger charge is 2.41. The van der Waals surface area contributed by atoms with Gasteiger partial charge in [-0.2, -0.15) is 0 Å². The van der Waals surface area contributed by atoms with E-state index in [0.717, 1.165) is 12.8 Å². The summed E-state index contributed by atoms with van der Waals surface area (Å²) in [7, 11) is 0. The molecule has 3 atom stereocenters. The molecule has 1 aliphatic heterocycles. The SMILES string of the molecule is C#CCC1CCC(C)(C(O)CO)O1. The molecule has 1 saturated heterocycles. The van der Waals surface area contributed by atoms with Crippen LogP contribution < -0.4 is 0 Å². The van der Waals surface area contributed by atoms with E-state index in [1.807, 2.05) is 6.92 Å². The molecule has 0 aliphatic carbocycles. The van der Waals surface area contributed by atoms with Gasteiger partial charge in [0, 0.05) is 6.42 Å². The zero-order valence-corrected chi connectivity index (χ0v) is 7.86. The molecule has 1 aliphatic rings. The number of ether oxygens (including phenoxy) is 1. The molecule has 3 heteroatoms. The van der Waals surface area contributed by atoms with Crippen molar-refractivity contribution in [2.75, 3.05) is 6.61 Å². The first-order valence-corrected chi connectivity index (χ1v) is 4.52. The van der Waals surface area contributed by atoms with Gasteiger partial charge in [-0.25, -0.2) is 0 Å². The van der Waals surface area contributed by atoms with Crippen LogP contribution in [0.3, 0.4) is 0 Å². The Balaban J connectivity index is 2.51. The van der Waals surface area contributed by atoms with Crippen molar-refractivity contribution in [3.05, 3.63) is 0 Å². The van der Waals surface area contributed by atoms with E-state index >= 15 is 0 Å². The second-order valence-corrected chi connectivity index (χ2v) is 3.70. The average molecular weight is 184 g/mol. The van der Waals surface area contributed by atoms with Crippen LogP contribution in [0.4, 0.5) is 0 Å². The second kappa shape index (κ2) is 4.10. The molecule has 0 saturated carbocycles. The summed E-state index contributed by atoms with van der Waals surface area (Å²) in [5.74, 6) is 2.54. The minimum Gasteiger partial charge on any atom is -0.394 e. The van der Waals surface area contributed by atoms with Crippen molar-refractivity contribution in [3.8, 4) is 12.3 Å². The van der Waals surface area contributed by atoms with Gasteiger partial charge in [0.15, 0.2) is 0 Å². The van der Waals surface area contributed by atoms with Gasteiger partial charge >= 0.3 is 0 Å².